The van der Waals surface area contributed by atoms with Gasteiger partial charge in [-0.1, -0.05) is 24.3 Å². The fourth-order valence-electron chi connectivity index (χ4n) is 3.92. The first-order valence-corrected chi connectivity index (χ1v) is 8.86. The molecule has 26 heavy (non-hydrogen) atoms. The Labute approximate surface area is 153 Å². The van der Waals surface area contributed by atoms with Crippen molar-refractivity contribution in [2.75, 3.05) is 38.1 Å². The summed E-state index contributed by atoms with van der Waals surface area (Å²) in [6.07, 6.45) is 2.49. The minimum atomic E-state index is -0.214. The number of carbonyl (C=O) groups excluding carboxylic acids is 2. The molecule has 6 heteroatoms. The highest BCUT2D eigenvalue weighted by Gasteiger charge is 2.48. The normalized spacial score (nSPS) is 23.7. The standard InChI is InChI=1S/C20H22N4O2/c1-22-13-18(25)24(16-7-3-2-4-8-16)15-20(22)10-12-23(14-20)19(26)17-9-5-6-11-21-17/h2-9,11H,10,12-15H2,1H3. The lowest BCUT2D eigenvalue weighted by molar-refractivity contribution is -0.123. The first-order chi connectivity index (χ1) is 12.6. The zero-order valence-electron chi connectivity index (χ0n) is 14.8. The van der Waals surface area contributed by atoms with Gasteiger partial charge in [0.2, 0.25) is 5.91 Å². The van der Waals surface area contributed by atoms with Crippen LogP contribution >= 0.6 is 0 Å². The van der Waals surface area contributed by atoms with Crippen LogP contribution in [-0.2, 0) is 4.79 Å². The Hall–Kier alpha value is -2.73. The lowest BCUT2D eigenvalue weighted by atomic mass is 9.92. The molecule has 0 saturated carbocycles. The first-order valence-electron chi connectivity index (χ1n) is 8.86. The van der Waals surface area contributed by atoms with Gasteiger partial charge in [-0.2, -0.15) is 0 Å². The van der Waals surface area contributed by atoms with Gasteiger partial charge in [0.05, 0.1) is 12.1 Å². The molecule has 4 rings (SSSR count). The molecule has 2 aliphatic rings. The minimum Gasteiger partial charge on any atom is -0.335 e. The molecule has 1 atom stereocenters. The van der Waals surface area contributed by atoms with Crippen LogP contribution in [0, 0.1) is 0 Å². The van der Waals surface area contributed by atoms with Crippen LogP contribution in [-0.4, -0.2) is 65.4 Å². The van der Waals surface area contributed by atoms with Gasteiger partial charge in [-0.15, -0.1) is 0 Å². The van der Waals surface area contributed by atoms with Crippen molar-refractivity contribution in [2.45, 2.75) is 12.0 Å². The third-order valence-corrected chi connectivity index (χ3v) is 5.51. The van der Waals surface area contributed by atoms with E-state index in [1.807, 2.05) is 53.2 Å². The number of likely N-dealkylation sites (N-methyl/N-ethyl adjacent to an activating group) is 1. The summed E-state index contributed by atoms with van der Waals surface area (Å²) in [6.45, 7) is 2.24. The van der Waals surface area contributed by atoms with Crippen LogP contribution in [0.15, 0.2) is 54.7 Å². The maximum Gasteiger partial charge on any atom is 0.272 e. The van der Waals surface area contributed by atoms with Gasteiger partial charge in [0.25, 0.3) is 5.91 Å². The number of amides is 2. The Bertz CT molecular complexity index is 811. The van der Waals surface area contributed by atoms with Crippen molar-refractivity contribution in [3.05, 3.63) is 60.4 Å². The number of likely N-dealkylation sites (tertiary alicyclic amines) is 1. The molecule has 0 N–H and O–H groups in total. The van der Waals surface area contributed by atoms with Gasteiger partial charge < -0.3 is 9.80 Å². The molecule has 0 aliphatic carbocycles. The number of piperazine rings is 1. The highest BCUT2D eigenvalue weighted by atomic mass is 16.2. The molecule has 3 heterocycles. The monoisotopic (exact) mass is 350 g/mol. The van der Waals surface area contributed by atoms with Crippen LogP contribution < -0.4 is 4.90 Å². The van der Waals surface area contributed by atoms with Crippen molar-refractivity contribution < 1.29 is 9.59 Å². The Morgan fingerprint density at radius 1 is 1.08 bits per heavy atom. The van der Waals surface area contributed by atoms with Gasteiger partial charge in [0, 0.05) is 31.5 Å². The van der Waals surface area contributed by atoms with Gasteiger partial charge in [-0.3, -0.25) is 19.5 Å². The summed E-state index contributed by atoms with van der Waals surface area (Å²) >= 11 is 0. The summed E-state index contributed by atoms with van der Waals surface area (Å²) in [7, 11) is 1.98. The summed E-state index contributed by atoms with van der Waals surface area (Å²) in [5.74, 6) is 0.0536. The third kappa shape index (κ3) is 2.86. The van der Waals surface area contributed by atoms with Crippen LogP contribution in [0.3, 0.4) is 0 Å². The van der Waals surface area contributed by atoms with Crippen molar-refractivity contribution in [3.8, 4) is 0 Å². The molecule has 2 saturated heterocycles. The summed E-state index contributed by atoms with van der Waals surface area (Å²) in [5.41, 5.74) is 1.17. The van der Waals surface area contributed by atoms with Crippen molar-refractivity contribution in [2.24, 2.45) is 0 Å². The molecule has 2 aromatic rings. The first kappa shape index (κ1) is 16.7. The van der Waals surface area contributed by atoms with Crippen molar-refractivity contribution >= 4 is 17.5 Å². The van der Waals surface area contributed by atoms with Crippen molar-refractivity contribution in [1.82, 2.24) is 14.8 Å². The predicted octanol–water partition coefficient (Wildman–Crippen LogP) is 1.64. The zero-order valence-corrected chi connectivity index (χ0v) is 14.8. The summed E-state index contributed by atoms with van der Waals surface area (Å²) in [5, 5.41) is 0. The molecule has 134 valence electrons. The fourth-order valence-corrected chi connectivity index (χ4v) is 3.92. The number of rotatable bonds is 2. The van der Waals surface area contributed by atoms with Gasteiger partial charge in [0.15, 0.2) is 0 Å². The van der Waals surface area contributed by atoms with Crippen molar-refractivity contribution in [1.29, 1.82) is 0 Å². The second kappa shape index (κ2) is 6.53. The van der Waals surface area contributed by atoms with Crippen LogP contribution in [0.4, 0.5) is 5.69 Å². The van der Waals surface area contributed by atoms with E-state index in [0.717, 1.165) is 12.1 Å². The topological polar surface area (TPSA) is 56.8 Å². The average Bonchev–Trinajstić information content (AvgIpc) is 3.11. The predicted molar refractivity (Wildman–Crippen MR) is 98.9 cm³/mol. The molecule has 1 unspecified atom stereocenters. The zero-order chi connectivity index (χ0) is 18.1. The Morgan fingerprint density at radius 2 is 1.85 bits per heavy atom. The second-order valence-corrected chi connectivity index (χ2v) is 7.09. The number of benzene rings is 1. The van der Waals surface area contributed by atoms with Crippen LogP contribution in [0.1, 0.15) is 16.9 Å². The van der Waals surface area contributed by atoms with E-state index in [4.69, 9.17) is 0 Å². The highest BCUT2D eigenvalue weighted by molar-refractivity contribution is 5.96. The lowest BCUT2D eigenvalue weighted by Crippen LogP contribution is -2.64. The maximum atomic E-state index is 12.8. The number of carbonyl (C=O) groups is 2. The third-order valence-electron chi connectivity index (χ3n) is 5.51. The number of nitrogens with zero attached hydrogens (tertiary/aromatic N) is 4. The van der Waals surface area contributed by atoms with E-state index >= 15 is 0 Å². The van der Waals surface area contributed by atoms with E-state index < -0.39 is 0 Å². The second-order valence-electron chi connectivity index (χ2n) is 7.09. The van der Waals surface area contributed by atoms with Crippen LogP contribution in [0.5, 0.6) is 0 Å². The summed E-state index contributed by atoms with van der Waals surface area (Å²) in [4.78, 5) is 35.3. The number of hydrogen-bond acceptors (Lipinski definition) is 4. The lowest BCUT2D eigenvalue weighted by Gasteiger charge is -2.46. The number of para-hydroxylation sites is 1. The number of aromatic nitrogens is 1. The molecule has 1 aromatic heterocycles. The molecule has 6 nitrogen and oxygen atoms in total. The molecular weight excluding hydrogens is 328 g/mol. The van der Waals surface area contributed by atoms with Crippen LogP contribution in [0.25, 0.3) is 0 Å². The smallest absolute Gasteiger partial charge is 0.272 e. The SMILES string of the molecule is CN1CC(=O)N(c2ccccc2)CC12CCN(C(=O)c1ccccn1)C2. The molecular formula is C20H22N4O2. The molecule has 1 spiro atoms. The van der Waals surface area contributed by atoms with Gasteiger partial charge in [0.1, 0.15) is 5.69 Å². The number of anilines is 1. The Balaban J connectivity index is 1.56. The highest BCUT2D eigenvalue weighted by Crippen LogP contribution is 2.33. The summed E-state index contributed by atoms with van der Waals surface area (Å²) < 4.78 is 0. The molecule has 2 aliphatic heterocycles. The van der Waals surface area contributed by atoms with E-state index in [1.165, 1.54) is 0 Å². The molecule has 2 fully saturated rings. The van der Waals surface area contributed by atoms with E-state index in [2.05, 4.69) is 9.88 Å². The average molecular weight is 350 g/mol. The Morgan fingerprint density at radius 3 is 2.58 bits per heavy atom. The number of hydrogen-bond donors (Lipinski definition) is 0. The number of pyridine rings is 1. The quantitative estimate of drug-likeness (QED) is 0.826. The van der Waals surface area contributed by atoms with E-state index in [-0.39, 0.29) is 17.4 Å². The van der Waals surface area contributed by atoms with Gasteiger partial charge >= 0.3 is 0 Å². The summed E-state index contributed by atoms with van der Waals surface area (Å²) in [6, 6.07) is 15.1. The van der Waals surface area contributed by atoms with E-state index in [1.54, 1.807) is 18.3 Å². The van der Waals surface area contributed by atoms with Crippen molar-refractivity contribution in [3.63, 3.8) is 0 Å². The van der Waals surface area contributed by atoms with Crippen LogP contribution in [0.2, 0.25) is 0 Å². The van der Waals surface area contributed by atoms with Gasteiger partial charge in [-0.25, -0.2) is 0 Å². The maximum absolute atomic E-state index is 12.8. The minimum absolute atomic E-state index is 0.0426. The largest absolute Gasteiger partial charge is 0.335 e. The molecule has 0 bridgehead atoms. The van der Waals surface area contributed by atoms with E-state index in [0.29, 0.717) is 31.9 Å². The molecule has 2 amide bonds. The molecule has 0 radical (unpaired) electrons. The van der Waals surface area contributed by atoms with E-state index in [9.17, 15) is 9.59 Å². The van der Waals surface area contributed by atoms with Gasteiger partial charge in [-0.05, 0) is 37.7 Å². The fraction of sp³-hybridized carbons (Fsp3) is 0.350. The Kier molecular flexibility index (Phi) is 4.20. The molecule has 1 aromatic carbocycles.